The summed E-state index contributed by atoms with van der Waals surface area (Å²) in [5.41, 5.74) is 6.37. The number of H-pyrrole nitrogens is 2. The molecule has 3 aliphatic rings. The summed E-state index contributed by atoms with van der Waals surface area (Å²) >= 11 is 0. The molecule has 1 saturated carbocycles. The van der Waals surface area contributed by atoms with E-state index in [0.717, 1.165) is 66.0 Å². The number of fused-ring (bicyclic) bond motifs is 1. The Morgan fingerprint density at radius 1 is 0.803 bits per heavy atom. The molecule has 3 amide bonds. The van der Waals surface area contributed by atoms with E-state index in [4.69, 9.17) is 19.6 Å². The van der Waals surface area contributed by atoms with E-state index in [-0.39, 0.29) is 117 Å². The quantitative estimate of drug-likeness (QED) is 0.0546. The fourth-order valence-electron chi connectivity index (χ4n) is 8.26. The van der Waals surface area contributed by atoms with E-state index in [0.29, 0.717) is 24.9 Å². The first-order valence-electron chi connectivity index (χ1n) is 19.4. The van der Waals surface area contributed by atoms with E-state index in [1.54, 1.807) is 0 Å². The summed E-state index contributed by atoms with van der Waals surface area (Å²) in [6.07, 6.45) is 6.91. The van der Waals surface area contributed by atoms with Crippen molar-refractivity contribution in [3.8, 4) is 11.3 Å². The Morgan fingerprint density at radius 3 is 2.02 bits per heavy atom. The number of rotatable bonds is 13. The smallest absolute Gasteiger partial charge is 0.407 e. The molecule has 1 aliphatic carbocycles. The number of ether oxygens (including phenoxy) is 1. The molecule has 6 atom stereocenters. The molecule has 2 aliphatic heterocycles. The lowest BCUT2D eigenvalue weighted by molar-refractivity contribution is -0.188. The van der Waals surface area contributed by atoms with Gasteiger partial charge in [0.05, 0.1) is 49.2 Å². The highest BCUT2D eigenvalue weighted by atomic mass is 32.1. The van der Waals surface area contributed by atoms with Gasteiger partial charge in [0, 0.05) is 13.1 Å². The van der Waals surface area contributed by atoms with Crippen molar-refractivity contribution >= 4 is 116 Å². The Morgan fingerprint density at radius 2 is 1.41 bits per heavy atom. The number of hydrogen-bond acceptors (Lipinski definition) is 9. The molecular weight excluding hydrogens is 893 g/mol. The van der Waals surface area contributed by atoms with Crippen LogP contribution in [0.4, 0.5) is 4.79 Å². The molecule has 20 heteroatoms. The lowest BCUT2D eigenvalue weighted by atomic mass is 10.0. The molecular formula is C41H64N8O6S6. The number of carbonyl (C=O) groups excluding carboxylic acids is 3. The second kappa shape index (κ2) is 24.6. The second-order valence-corrected chi connectivity index (χ2v) is 15.6. The third-order valence-electron chi connectivity index (χ3n) is 11.3. The Kier molecular flexibility index (Phi) is 22.6. The van der Waals surface area contributed by atoms with Gasteiger partial charge < -0.3 is 34.7 Å². The maximum absolute atomic E-state index is 13.6. The Labute approximate surface area is 400 Å². The number of carbonyl (C=O) groups is 3. The number of aliphatic imine (C=N–C) groups is 1. The molecule has 2 saturated heterocycles. The third kappa shape index (κ3) is 12.3. The number of amides is 3. The zero-order valence-electron chi connectivity index (χ0n) is 35.5. The van der Waals surface area contributed by atoms with Gasteiger partial charge in [0.1, 0.15) is 23.7 Å². The number of imidazole rings is 2. The normalized spacial score (nSPS) is 20.0. The van der Waals surface area contributed by atoms with Gasteiger partial charge in [-0.2, -0.15) is 85.9 Å². The van der Waals surface area contributed by atoms with Crippen molar-refractivity contribution in [2.45, 2.75) is 95.8 Å². The first kappa shape index (κ1) is 55.9. The van der Waals surface area contributed by atoms with Gasteiger partial charge in [-0.3, -0.25) is 9.59 Å². The minimum absolute atomic E-state index is 0. The number of methoxy groups -OCH3 is 1. The predicted octanol–water partition coefficient (Wildman–Crippen LogP) is 7.24. The van der Waals surface area contributed by atoms with E-state index >= 15 is 0 Å². The summed E-state index contributed by atoms with van der Waals surface area (Å²) in [6.45, 7) is 9.05. The Balaban J connectivity index is 0.00000310. The van der Waals surface area contributed by atoms with Crippen LogP contribution >= 0.6 is 81.0 Å². The Bertz CT molecular complexity index is 2050. The number of nitrogens with one attached hydrogen (secondary N) is 3. The van der Waals surface area contributed by atoms with Crippen LogP contribution < -0.4 is 5.32 Å². The summed E-state index contributed by atoms with van der Waals surface area (Å²) in [5, 5.41) is 2.72. The molecule has 2 aromatic heterocycles. The SMILES string of the molecule is COOC=N[C@H](C(=O)N1CCC[C@H]1c1ncc(-c2ccc([C@H]3C[C@@H]3c3ccc4nc([C@@H]5CCCN5C(=O)[C@@H](NC(=O)OC)C(C)C)[nH]c4c3)cc2)[nH]1)C(C)C.S.S.S.S.S.S. The maximum Gasteiger partial charge on any atom is 0.407 e. The molecule has 14 nitrogen and oxygen atoms in total. The predicted molar refractivity (Wildman–Crippen MR) is 269 cm³/mol. The molecule has 0 bridgehead atoms. The number of nitrogens with zero attached hydrogens (tertiary/aromatic N) is 5. The van der Waals surface area contributed by atoms with Crippen molar-refractivity contribution in [1.82, 2.24) is 35.1 Å². The van der Waals surface area contributed by atoms with Gasteiger partial charge in [0.25, 0.3) is 0 Å². The van der Waals surface area contributed by atoms with Crippen molar-refractivity contribution in [1.29, 1.82) is 0 Å². The van der Waals surface area contributed by atoms with Crippen LogP contribution in [0.15, 0.2) is 53.7 Å². The largest absolute Gasteiger partial charge is 0.453 e. The van der Waals surface area contributed by atoms with E-state index in [9.17, 15) is 14.4 Å². The van der Waals surface area contributed by atoms with Crippen LogP contribution in [-0.4, -0.2) is 93.4 Å². The van der Waals surface area contributed by atoms with Crippen LogP contribution in [0.25, 0.3) is 22.3 Å². The van der Waals surface area contributed by atoms with Crippen molar-refractivity contribution in [3.63, 3.8) is 0 Å². The average Bonchev–Trinajstić information content (AvgIpc) is 3.69. The van der Waals surface area contributed by atoms with Crippen molar-refractivity contribution in [2.24, 2.45) is 16.8 Å². The van der Waals surface area contributed by atoms with Gasteiger partial charge in [0.15, 0.2) is 0 Å². The van der Waals surface area contributed by atoms with Crippen LogP contribution in [0.3, 0.4) is 0 Å². The number of hydrogen-bond donors (Lipinski definition) is 3. The highest BCUT2D eigenvalue weighted by molar-refractivity contribution is 7.60. The van der Waals surface area contributed by atoms with E-state index in [2.05, 4.69) is 67.6 Å². The number of aromatic nitrogens is 4. The van der Waals surface area contributed by atoms with Crippen molar-refractivity contribution in [3.05, 3.63) is 71.4 Å². The molecule has 3 fully saturated rings. The number of alkyl carbamates (subject to hydrolysis) is 1. The van der Waals surface area contributed by atoms with Crippen LogP contribution in [0.1, 0.15) is 106 Å². The third-order valence-corrected chi connectivity index (χ3v) is 11.3. The summed E-state index contributed by atoms with van der Waals surface area (Å²) in [5.74, 6) is 2.14. The molecule has 340 valence electrons. The van der Waals surface area contributed by atoms with Gasteiger partial charge in [-0.1, -0.05) is 58.0 Å². The molecule has 7 rings (SSSR count). The van der Waals surface area contributed by atoms with Crippen molar-refractivity contribution in [2.75, 3.05) is 27.3 Å². The minimum atomic E-state index is -0.673. The first-order chi connectivity index (χ1) is 26.6. The van der Waals surface area contributed by atoms with E-state index in [1.165, 1.54) is 31.7 Å². The zero-order chi connectivity index (χ0) is 38.8. The summed E-state index contributed by atoms with van der Waals surface area (Å²) in [7, 11) is 2.70. The van der Waals surface area contributed by atoms with Gasteiger partial charge in [0.2, 0.25) is 18.2 Å². The molecule has 2 aromatic carbocycles. The number of aromatic amines is 2. The highest BCUT2D eigenvalue weighted by Crippen LogP contribution is 2.55. The topological polar surface area (TPSA) is 167 Å². The Hall–Kier alpha value is -3.14. The van der Waals surface area contributed by atoms with Gasteiger partial charge >= 0.3 is 6.09 Å². The average molecular weight is 957 g/mol. The van der Waals surface area contributed by atoms with E-state index < -0.39 is 18.2 Å². The second-order valence-electron chi connectivity index (χ2n) is 15.6. The first-order valence-corrected chi connectivity index (χ1v) is 19.4. The van der Waals surface area contributed by atoms with Crippen LogP contribution in [-0.2, 0) is 24.1 Å². The molecule has 4 aromatic rings. The van der Waals surface area contributed by atoms with Crippen LogP contribution in [0.2, 0.25) is 0 Å². The highest BCUT2D eigenvalue weighted by Gasteiger charge is 2.41. The molecule has 0 radical (unpaired) electrons. The number of likely N-dealkylation sites (tertiary alicyclic amines) is 2. The zero-order valence-corrected chi connectivity index (χ0v) is 41.5. The molecule has 4 heterocycles. The molecule has 3 N–H and O–H groups in total. The van der Waals surface area contributed by atoms with Crippen molar-refractivity contribution < 1.29 is 28.9 Å². The summed E-state index contributed by atoms with van der Waals surface area (Å²) < 4.78 is 4.78. The van der Waals surface area contributed by atoms with Crippen LogP contribution in [0, 0.1) is 11.8 Å². The van der Waals surface area contributed by atoms with Gasteiger partial charge in [-0.05, 0) is 84.6 Å². The summed E-state index contributed by atoms with van der Waals surface area (Å²) in [4.78, 5) is 73.3. The lowest BCUT2D eigenvalue weighted by Gasteiger charge is -2.29. The lowest BCUT2D eigenvalue weighted by Crippen LogP contribution is -2.51. The molecule has 0 unspecified atom stereocenters. The fraction of sp³-hybridized carbons (Fsp3) is 0.512. The molecule has 0 spiro atoms. The molecule has 61 heavy (non-hydrogen) atoms. The maximum atomic E-state index is 13.6. The van der Waals surface area contributed by atoms with E-state index in [1.807, 2.05) is 43.7 Å². The van der Waals surface area contributed by atoms with Crippen LogP contribution in [0.5, 0.6) is 0 Å². The van der Waals surface area contributed by atoms with Gasteiger partial charge in [-0.25, -0.2) is 19.8 Å². The standard InChI is InChI=1S/C41H52N8O6.6H2S/c1-23(2)35(43-22-55-54-6)39(50)48-17-7-9-33(48)37-42-21-32(46-37)26-13-11-25(12-14-26)28-20-29(28)27-15-16-30-31(19-27)45-38(44-30)34-10-8-18-49(34)40(51)36(24(3)4)47-41(52)53-5;;;;;;/h11-16,19,21-24,28-29,33-36H,7-10,17-18,20H2,1-6H3,(H,42,46)(H,44,45)(H,47,52);6*1H2/t28-,29-,33+,34+,35+,36+;;;;;;/m1....../s1. The minimum Gasteiger partial charge on any atom is -0.453 e. The number of benzene rings is 2. The summed E-state index contributed by atoms with van der Waals surface area (Å²) in [6, 6.07) is 13.6. The van der Waals surface area contributed by atoms with Gasteiger partial charge in [-0.15, -0.1) is 0 Å². The fourth-order valence-corrected chi connectivity index (χ4v) is 8.26. The monoisotopic (exact) mass is 956 g/mol.